The first-order valence-corrected chi connectivity index (χ1v) is 7.07. The number of hydrogen-bond acceptors (Lipinski definition) is 3. The van der Waals surface area contributed by atoms with Gasteiger partial charge in [0.05, 0.1) is 12.7 Å². The van der Waals surface area contributed by atoms with E-state index in [1.54, 1.807) is 37.4 Å². The molecule has 0 radical (unpaired) electrons. The number of benzene rings is 2. The normalized spacial score (nSPS) is 12.9. The van der Waals surface area contributed by atoms with Crippen LogP contribution in [0.1, 0.15) is 50.8 Å². The highest BCUT2D eigenvalue weighted by Crippen LogP contribution is 2.35. The van der Waals surface area contributed by atoms with Crippen molar-refractivity contribution < 1.29 is 14.3 Å². The summed E-state index contributed by atoms with van der Waals surface area (Å²) in [5.41, 5.74) is 2.75. The van der Waals surface area contributed by atoms with E-state index in [9.17, 15) is 9.59 Å². The Labute approximate surface area is 123 Å². The zero-order valence-corrected chi connectivity index (χ0v) is 12.1. The summed E-state index contributed by atoms with van der Waals surface area (Å²) >= 11 is 0. The molecule has 0 N–H and O–H groups in total. The van der Waals surface area contributed by atoms with Crippen LogP contribution >= 0.6 is 0 Å². The number of hydrogen-bond donors (Lipinski definition) is 0. The lowest BCUT2D eigenvalue weighted by atomic mass is 9.82. The minimum absolute atomic E-state index is 0.110. The van der Waals surface area contributed by atoms with E-state index in [2.05, 4.69) is 6.92 Å². The number of methoxy groups -OCH3 is 1. The molecule has 0 heterocycles. The van der Waals surface area contributed by atoms with Crippen LogP contribution in [0, 0.1) is 0 Å². The lowest BCUT2D eigenvalue weighted by molar-refractivity contribution is 0.0976. The van der Waals surface area contributed by atoms with Gasteiger partial charge in [0.25, 0.3) is 0 Å². The van der Waals surface area contributed by atoms with E-state index in [0.717, 1.165) is 18.4 Å². The second-order valence-electron chi connectivity index (χ2n) is 5.13. The van der Waals surface area contributed by atoms with E-state index in [1.165, 1.54) is 0 Å². The molecule has 0 spiro atoms. The first-order valence-electron chi connectivity index (χ1n) is 7.07. The Morgan fingerprint density at radius 1 is 0.905 bits per heavy atom. The number of ketones is 2. The van der Waals surface area contributed by atoms with Gasteiger partial charge in [-0.25, -0.2) is 0 Å². The smallest absolute Gasteiger partial charge is 0.198 e. The third-order valence-corrected chi connectivity index (χ3v) is 3.85. The highest BCUT2D eigenvalue weighted by molar-refractivity contribution is 6.29. The molecule has 1 aliphatic rings. The van der Waals surface area contributed by atoms with Crippen LogP contribution in [0.3, 0.4) is 0 Å². The van der Waals surface area contributed by atoms with Gasteiger partial charge in [0.1, 0.15) is 5.75 Å². The van der Waals surface area contributed by atoms with Crippen LogP contribution in [-0.4, -0.2) is 18.7 Å². The van der Waals surface area contributed by atoms with E-state index >= 15 is 0 Å². The highest BCUT2D eigenvalue weighted by Gasteiger charge is 2.32. The van der Waals surface area contributed by atoms with E-state index in [1.807, 2.05) is 6.07 Å². The molecule has 0 aromatic heterocycles. The Morgan fingerprint density at radius 3 is 2.19 bits per heavy atom. The molecule has 21 heavy (non-hydrogen) atoms. The summed E-state index contributed by atoms with van der Waals surface area (Å²) in [5.74, 6) is 0.304. The molecule has 2 aromatic carbocycles. The second kappa shape index (κ2) is 5.17. The molecule has 0 amide bonds. The summed E-state index contributed by atoms with van der Waals surface area (Å²) in [6, 6.07) is 10.6. The van der Waals surface area contributed by atoms with Gasteiger partial charge in [-0.2, -0.15) is 0 Å². The number of ether oxygens (including phenoxy) is 1. The van der Waals surface area contributed by atoms with Gasteiger partial charge in [-0.1, -0.05) is 43.7 Å². The average molecular weight is 280 g/mol. The largest absolute Gasteiger partial charge is 0.496 e. The maximum atomic E-state index is 12.8. The number of carbonyl (C=O) groups excluding carboxylic acids is 2. The molecule has 0 saturated carbocycles. The van der Waals surface area contributed by atoms with Crippen molar-refractivity contribution in [1.29, 1.82) is 0 Å². The summed E-state index contributed by atoms with van der Waals surface area (Å²) in [5, 5.41) is 0. The summed E-state index contributed by atoms with van der Waals surface area (Å²) in [4.78, 5) is 25.3. The van der Waals surface area contributed by atoms with Gasteiger partial charge < -0.3 is 4.74 Å². The second-order valence-corrected chi connectivity index (χ2v) is 5.13. The number of carbonyl (C=O) groups is 2. The average Bonchev–Trinajstić information content (AvgIpc) is 2.52. The van der Waals surface area contributed by atoms with E-state index in [-0.39, 0.29) is 11.6 Å². The molecule has 3 nitrogen and oxygen atoms in total. The van der Waals surface area contributed by atoms with Crippen LogP contribution in [0.2, 0.25) is 0 Å². The molecular formula is C18H16O3. The van der Waals surface area contributed by atoms with Crippen LogP contribution in [-0.2, 0) is 6.42 Å². The van der Waals surface area contributed by atoms with E-state index in [0.29, 0.717) is 28.0 Å². The fourth-order valence-electron chi connectivity index (χ4n) is 2.90. The van der Waals surface area contributed by atoms with Gasteiger partial charge in [-0.05, 0) is 18.1 Å². The van der Waals surface area contributed by atoms with Crippen molar-refractivity contribution in [3.63, 3.8) is 0 Å². The maximum Gasteiger partial charge on any atom is 0.198 e. The van der Waals surface area contributed by atoms with Gasteiger partial charge in [0.15, 0.2) is 11.6 Å². The minimum atomic E-state index is -0.130. The highest BCUT2D eigenvalue weighted by atomic mass is 16.5. The number of aryl methyl sites for hydroxylation is 1. The van der Waals surface area contributed by atoms with Gasteiger partial charge in [-0.15, -0.1) is 0 Å². The lowest BCUT2D eigenvalue weighted by Gasteiger charge is -2.21. The first-order chi connectivity index (χ1) is 10.2. The maximum absolute atomic E-state index is 12.8. The standard InChI is InChI=1S/C18H16O3/c1-3-6-11-9-10-14-15(18(11)21-2)17(20)13-8-5-4-7-12(13)16(14)19/h4-5,7-10H,3,6H2,1-2H3. The zero-order chi connectivity index (χ0) is 15.0. The van der Waals surface area contributed by atoms with E-state index < -0.39 is 0 Å². The molecule has 2 aromatic rings. The Bertz CT molecular complexity index is 744. The Morgan fingerprint density at radius 2 is 1.57 bits per heavy atom. The van der Waals surface area contributed by atoms with Crippen molar-refractivity contribution in [2.75, 3.05) is 7.11 Å². The molecule has 3 rings (SSSR count). The molecule has 0 aliphatic heterocycles. The zero-order valence-electron chi connectivity index (χ0n) is 12.1. The van der Waals surface area contributed by atoms with Crippen LogP contribution in [0.15, 0.2) is 36.4 Å². The fraction of sp³-hybridized carbons (Fsp3) is 0.222. The first kappa shape index (κ1) is 13.6. The molecule has 0 saturated heterocycles. The fourth-order valence-corrected chi connectivity index (χ4v) is 2.90. The summed E-state index contributed by atoms with van der Waals surface area (Å²) in [6.07, 6.45) is 1.77. The third-order valence-electron chi connectivity index (χ3n) is 3.85. The molecule has 3 heteroatoms. The molecule has 0 bridgehead atoms. The molecule has 0 unspecified atom stereocenters. The summed E-state index contributed by atoms with van der Waals surface area (Å²) in [7, 11) is 1.55. The Balaban J connectivity index is 2.27. The third kappa shape index (κ3) is 1.97. The van der Waals surface area contributed by atoms with Crippen LogP contribution in [0.25, 0.3) is 0 Å². The minimum Gasteiger partial charge on any atom is -0.496 e. The van der Waals surface area contributed by atoms with Crippen molar-refractivity contribution in [2.45, 2.75) is 19.8 Å². The van der Waals surface area contributed by atoms with Crippen LogP contribution < -0.4 is 4.74 Å². The number of fused-ring (bicyclic) bond motifs is 2. The lowest BCUT2D eigenvalue weighted by Crippen LogP contribution is -2.22. The molecular weight excluding hydrogens is 264 g/mol. The summed E-state index contributed by atoms with van der Waals surface area (Å²) in [6.45, 7) is 2.07. The monoisotopic (exact) mass is 280 g/mol. The topological polar surface area (TPSA) is 43.4 Å². The Hall–Kier alpha value is -2.42. The molecule has 0 fully saturated rings. The predicted molar refractivity (Wildman–Crippen MR) is 80.3 cm³/mol. The number of rotatable bonds is 3. The molecule has 1 aliphatic carbocycles. The quantitative estimate of drug-likeness (QED) is 0.738. The van der Waals surface area contributed by atoms with Gasteiger partial charge in [0.2, 0.25) is 0 Å². The SMILES string of the molecule is CCCc1ccc2c(c1OC)C(=O)c1ccccc1C2=O. The van der Waals surface area contributed by atoms with Crippen molar-refractivity contribution >= 4 is 11.6 Å². The summed E-state index contributed by atoms with van der Waals surface area (Å²) < 4.78 is 5.46. The van der Waals surface area contributed by atoms with Gasteiger partial charge in [0, 0.05) is 16.7 Å². The van der Waals surface area contributed by atoms with Crippen molar-refractivity contribution in [2.24, 2.45) is 0 Å². The Kier molecular flexibility index (Phi) is 3.34. The molecule has 0 atom stereocenters. The van der Waals surface area contributed by atoms with Crippen LogP contribution in [0.5, 0.6) is 5.75 Å². The van der Waals surface area contributed by atoms with Gasteiger partial charge in [-0.3, -0.25) is 9.59 Å². The predicted octanol–water partition coefficient (Wildman–Crippen LogP) is 3.42. The van der Waals surface area contributed by atoms with E-state index in [4.69, 9.17) is 4.74 Å². The van der Waals surface area contributed by atoms with Crippen molar-refractivity contribution in [3.05, 3.63) is 64.2 Å². The molecule has 106 valence electrons. The van der Waals surface area contributed by atoms with Crippen molar-refractivity contribution in [1.82, 2.24) is 0 Å². The van der Waals surface area contributed by atoms with Gasteiger partial charge >= 0.3 is 0 Å². The van der Waals surface area contributed by atoms with Crippen molar-refractivity contribution in [3.8, 4) is 5.75 Å². The van der Waals surface area contributed by atoms with Crippen LogP contribution in [0.4, 0.5) is 0 Å².